The molecule has 3 rings (SSSR count). The van der Waals surface area contributed by atoms with Gasteiger partial charge in [0.2, 0.25) is 0 Å². The highest BCUT2D eigenvalue weighted by molar-refractivity contribution is 7.09. The summed E-state index contributed by atoms with van der Waals surface area (Å²) in [7, 11) is 3.14. The lowest BCUT2D eigenvalue weighted by molar-refractivity contribution is 0.0722. The van der Waals surface area contributed by atoms with E-state index in [2.05, 4.69) is 5.10 Å². The summed E-state index contributed by atoms with van der Waals surface area (Å²) in [6.07, 6.45) is 0. The van der Waals surface area contributed by atoms with Gasteiger partial charge in [-0.3, -0.25) is 9.59 Å². The molecule has 2 heterocycles. The minimum atomic E-state index is -0.254. The maximum Gasteiger partial charge on any atom is 0.274 e. The van der Waals surface area contributed by atoms with Gasteiger partial charge in [0, 0.05) is 23.6 Å². The molecule has 6 nitrogen and oxygen atoms in total. The van der Waals surface area contributed by atoms with E-state index < -0.39 is 0 Å². The molecule has 0 N–H and O–H groups in total. The summed E-state index contributed by atoms with van der Waals surface area (Å²) in [5, 5.41) is 6.07. The van der Waals surface area contributed by atoms with Crippen LogP contribution in [0.4, 0.5) is 0 Å². The van der Waals surface area contributed by atoms with Gasteiger partial charge in [-0.1, -0.05) is 24.3 Å². The summed E-state index contributed by atoms with van der Waals surface area (Å²) in [6.45, 7) is 0.838. The lowest BCUT2D eigenvalue weighted by Crippen LogP contribution is -2.32. The van der Waals surface area contributed by atoms with Crippen LogP contribution in [-0.4, -0.2) is 27.7 Å². The van der Waals surface area contributed by atoms with Crippen molar-refractivity contribution in [2.75, 3.05) is 7.11 Å². The van der Waals surface area contributed by atoms with E-state index >= 15 is 0 Å². The summed E-state index contributed by atoms with van der Waals surface area (Å²) in [5.41, 5.74) is 0.888. The van der Waals surface area contributed by atoms with Crippen LogP contribution in [0.25, 0.3) is 0 Å². The number of methoxy groups -OCH3 is 1. The molecule has 7 heteroatoms. The Kier molecular flexibility index (Phi) is 5.48. The maximum absolute atomic E-state index is 13.1. The highest BCUT2D eigenvalue weighted by Gasteiger charge is 2.20. The van der Waals surface area contributed by atoms with E-state index in [4.69, 9.17) is 4.74 Å². The van der Waals surface area contributed by atoms with Crippen molar-refractivity contribution < 1.29 is 9.53 Å². The third-order valence-corrected chi connectivity index (χ3v) is 4.81. The van der Waals surface area contributed by atoms with Gasteiger partial charge in [-0.05, 0) is 23.6 Å². The van der Waals surface area contributed by atoms with E-state index in [1.807, 2.05) is 41.8 Å². The Morgan fingerprint density at radius 2 is 1.96 bits per heavy atom. The minimum absolute atomic E-state index is 0.235. The van der Waals surface area contributed by atoms with Gasteiger partial charge in [0.05, 0.1) is 20.2 Å². The second-order valence-corrected chi connectivity index (χ2v) is 6.77. The zero-order chi connectivity index (χ0) is 18.5. The number of rotatable bonds is 6. The number of para-hydroxylation sites is 1. The first-order valence-corrected chi connectivity index (χ1v) is 8.94. The lowest BCUT2D eigenvalue weighted by atomic mass is 10.1. The SMILES string of the molecule is COc1ccccc1CN(Cc1cccs1)C(=O)c1ccc(=O)n(C)n1. The Morgan fingerprint density at radius 3 is 2.65 bits per heavy atom. The fraction of sp³-hybridized carbons (Fsp3) is 0.211. The van der Waals surface area contributed by atoms with Crippen molar-refractivity contribution in [3.8, 4) is 5.75 Å². The van der Waals surface area contributed by atoms with Crippen molar-refractivity contribution >= 4 is 17.2 Å². The highest BCUT2D eigenvalue weighted by atomic mass is 32.1. The molecule has 1 aromatic carbocycles. The summed E-state index contributed by atoms with van der Waals surface area (Å²) in [6, 6.07) is 14.4. The Balaban J connectivity index is 1.93. The van der Waals surface area contributed by atoms with E-state index in [0.29, 0.717) is 13.1 Å². The van der Waals surface area contributed by atoms with Crippen LogP contribution in [0.1, 0.15) is 20.9 Å². The molecule has 0 bridgehead atoms. The van der Waals surface area contributed by atoms with E-state index in [0.717, 1.165) is 16.2 Å². The smallest absolute Gasteiger partial charge is 0.274 e. The Bertz CT molecular complexity index is 951. The van der Waals surface area contributed by atoms with Crippen LogP contribution in [0, 0.1) is 0 Å². The van der Waals surface area contributed by atoms with Crippen LogP contribution in [0.15, 0.2) is 58.7 Å². The summed E-state index contributed by atoms with van der Waals surface area (Å²) < 4.78 is 6.57. The molecule has 26 heavy (non-hydrogen) atoms. The number of hydrogen-bond donors (Lipinski definition) is 0. The fourth-order valence-electron chi connectivity index (χ4n) is 2.61. The van der Waals surface area contributed by atoms with Crippen molar-refractivity contribution in [3.63, 3.8) is 0 Å². The molecule has 2 aromatic heterocycles. The normalized spacial score (nSPS) is 10.5. The number of ether oxygens (including phenoxy) is 1. The molecule has 134 valence electrons. The number of amides is 1. The molecule has 0 aliphatic heterocycles. The van der Waals surface area contributed by atoms with Crippen LogP contribution in [0.2, 0.25) is 0 Å². The van der Waals surface area contributed by atoms with Crippen LogP contribution in [0.3, 0.4) is 0 Å². The van der Waals surface area contributed by atoms with Gasteiger partial charge in [-0.2, -0.15) is 5.10 Å². The molecule has 0 saturated carbocycles. The van der Waals surface area contributed by atoms with Crippen molar-refractivity contribution in [3.05, 3.63) is 80.4 Å². The number of aryl methyl sites for hydroxylation is 1. The molecule has 1 amide bonds. The molecular formula is C19H19N3O3S. The standard InChI is InChI=1S/C19H19N3O3S/c1-21-18(23)10-9-16(20-21)19(24)22(13-15-7-5-11-26-15)12-14-6-3-4-8-17(14)25-2/h3-11H,12-13H2,1-2H3. The first kappa shape index (κ1) is 17.9. The predicted molar refractivity (Wildman–Crippen MR) is 100 cm³/mol. The van der Waals surface area contributed by atoms with Crippen molar-refractivity contribution in [1.29, 1.82) is 0 Å². The number of carbonyl (C=O) groups is 1. The summed E-state index contributed by atoms with van der Waals surface area (Å²) in [4.78, 5) is 27.4. The summed E-state index contributed by atoms with van der Waals surface area (Å²) >= 11 is 1.59. The largest absolute Gasteiger partial charge is 0.496 e. The zero-order valence-corrected chi connectivity index (χ0v) is 15.4. The fourth-order valence-corrected chi connectivity index (χ4v) is 3.33. The van der Waals surface area contributed by atoms with Gasteiger partial charge in [-0.25, -0.2) is 4.68 Å². The van der Waals surface area contributed by atoms with E-state index in [1.165, 1.54) is 23.9 Å². The Hall–Kier alpha value is -2.93. The second kappa shape index (κ2) is 7.97. The lowest BCUT2D eigenvalue weighted by Gasteiger charge is -2.23. The first-order chi connectivity index (χ1) is 12.6. The number of aromatic nitrogens is 2. The zero-order valence-electron chi connectivity index (χ0n) is 14.6. The van der Waals surface area contributed by atoms with E-state index in [1.54, 1.807) is 23.3 Å². The molecule has 0 aliphatic carbocycles. The Morgan fingerprint density at radius 1 is 1.15 bits per heavy atom. The maximum atomic E-state index is 13.1. The van der Waals surface area contributed by atoms with Gasteiger partial charge >= 0.3 is 0 Å². The van der Waals surface area contributed by atoms with Crippen molar-refractivity contribution in [2.45, 2.75) is 13.1 Å². The molecule has 3 aromatic rings. The average molecular weight is 369 g/mol. The monoisotopic (exact) mass is 369 g/mol. The van der Waals surface area contributed by atoms with Crippen molar-refractivity contribution in [2.24, 2.45) is 7.05 Å². The van der Waals surface area contributed by atoms with Crippen molar-refractivity contribution in [1.82, 2.24) is 14.7 Å². The minimum Gasteiger partial charge on any atom is -0.496 e. The second-order valence-electron chi connectivity index (χ2n) is 5.73. The van der Waals surface area contributed by atoms with Crippen LogP contribution >= 0.6 is 11.3 Å². The van der Waals surface area contributed by atoms with Gasteiger partial charge in [0.15, 0.2) is 0 Å². The Labute approximate surface area is 155 Å². The number of thiophene rings is 1. The number of benzene rings is 1. The van der Waals surface area contributed by atoms with Crippen LogP contribution < -0.4 is 10.3 Å². The molecular weight excluding hydrogens is 350 g/mol. The molecule has 0 saturated heterocycles. The molecule has 0 aliphatic rings. The predicted octanol–water partition coefficient (Wildman–Crippen LogP) is 2.69. The van der Waals surface area contributed by atoms with Gasteiger partial charge < -0.3 is 9.64 Å². The van der Waals surface area contributed by atoms with Gasteiger partial charge in [0.25, 0.3) is 11.5 Å². The number of nitrogens with zero attached hydrogens (tertiary/aromatic N) is 3. The molecule has 0 fully saturated rings. The van der Waals surface area contributed by atoms with Gasteiger partial charge in [-0.15, -0.1) is 11.3 Å². The van der Waals surface area contributed by atoms with E-state index in [9.17, 15) is 9.59 Å². The number of hydrogen-bond acceptors (Lipinski definition) is 5. The molecule has 0 radical (unpaired) electrons. The molecule has 0 atom stereocenters. The van der Waals surface area contributed by atoms with E-state index in [-0.39, 0.29) is 17.2 Å². The van der Waals surface area contributed by atoms with Gasteiger partial charge in [0.1, 0.15) is 11.4 Å². The summed E-state index contributed by atoms with van der Waals surface area (Å²) in [5.74, 6) is 0.491. The highest BCUT2D eigenvalue weighted by Crippen LogP contribution is 2.22. The average Bonchev–Trinajstić information content (AvgIpc) is 3.16. The third kappa shape index (κ3) is 4.00. The topological polar surface area (TPSA) is 64.4 Å². The molecule has 0 spiro atoms. The molecule has 0 unspecified atom stereocenters. The van der Waals surface area contributed by atoms with Crippen LogP contribution in [0.5, 0.6) is 5.75 Å². The first-order valence-electron chi connectivity index (χ1n) is 8.06. The van der Waals surface area contributed by atoms with Crippen LogP contribution in [-0.2, 0) is 20.1 Å². The number of carbonyl (C=O) groups excluding carboxylic acids is 1. The third-order valence-electron chi connectivity index (χ3n) is 3.95. The quantitative estimate of drug-likeness (QED) is 0.670.